The van der Waals surface area contributed by atoms with Crippen LogP contribution in [0.1, 0.15) is 53.0 Å². The highest BCUT2D eigenvalue weighted by Crippen LogP contribution is 2.24. The molecule has 0 aliphatic carbocycles. The summed E-state index contributed by atoms with van der Waals surface area (Å²) in [4.78, 5) is 40.5. The van der Waals surface area contributed by atoms with Crippen LogP contribution < -0.4 is 5.32 Å². The summed E-state index contributed by atoms with van der Waals surface area (Å²) < 4.78 is 36.6. The minimum absolute atomic E-state index is 0.0618. The van der Waals surface area contributed by atoms with Crippen LogP contribution in [0.25, 0.3) is 0 Å². The molecule has 0 aromatic heterocycles. The zero-order chi connectivity index (χ0) is 28.5. The summed E-state index contributed by atoms with van der Waals surface area (Å²) in [5, 5.41) is 2.34. The molecule has 1 fully saturated rings. The minimum Gasteiger partial charge on any atom is -0.460 e. The third-order valence-corrected chi connectivity index (χ3v) is 9.29. The first-order valence-electron chi connectivity index (χ1n) is 12.9. The van der Waals surface area contributed by atoms with E-state index in [-0.39, 0.29) is 18.9 Å². The Kier molecular flexibility index (Phi) is 11.9. The Morgan fingerprint density at radius 2 is 1.82 bits per heavy atom. The predicted octanol–water partition coefficient (Wildman–Crippen LogP) is 3.66. The standard InChI is InChI=1S/C27H42N2O7S2/c1-19(2)38(33,34)18-21-16-29(26(32)36-27(3,4)5)14-12-23(21)28-24(30)22(13-15-37-6)25(31)35-17-20-10-8-7-9-11-20/h7-11,19,21-23H,12-18H2,1-6H3,(H,28,30)/t21?,22-,23?/m0/s1. The second kappa shape index (κ2) is 14.2. The molecule has 2 rings (SSSR count). The molecule has 2 unspecified atom stereocenters. The number of ether oxygens (including phenoxy) is 2. The highest BCUT2D eigenvalue weighted by Gasteiger charge is 2.39. The van der Waals surface area contributed by atoms with E-state index in [0.29, 0.717) is 25.1 Å². The SMILES string of the molecule is CSCC[C@@H](C(=O)NC1CCN(C(=O)OC(C)(C)C)CC1CS(=O)(=O)C(C)C)C(=O)OCc1ccccc1. The smallest absolute Gasteiger partial charge is 0.410 e. The van der Waals surface area contributed by atoms with E-state index in [2.05, 4.69) is 5.32 Å². The van der Waals surface area contributed by atoms with Gasteiger partial charge in [-0.3, -0.25) is 9.59 Å². The zero-order valence-corrected chi connectivity index (χ0v) is 24.9. The molecule has 0 saturated carbocycles. The Hall–Kier alpha value is -2.27. The van der Waals surface area contributed by atoms with E-state index in [1.165, 1.54) is 16.7 Å². The number of nitrogens with one attached hydrogen (secondary N) is 1. The molecule has 0 spiro atoms. The van der Waals surface area contributed by atoms with E-state index in [4.69, 9.17) is 9.47 Å². The number of carbonyl (C=O) groups excluding carboxylic acids is 3. The number of amides is 2. The number of hydrogen-bond acceptors (Lipinski definition) is 8. The predicted molar refractivity (Wildman–Crippen MR) is 149 cm³/mol. The third-order valence-electron chi connectivity index (χ3n) is 6.31. The second-order valence-corrected chi connectivity index (χ2v) is 14.5. The maximum Gasteiger partial charge on any atom is 0.410 e. The quantitative estimate of drug-likeness (QED) is 0.316. The first-order valence-corrected chi connectivity index (χ1v) is 16.0. The van der Waals surface area contributed by atoms with Gasteiger partial charge in [-0.2, -0.15) is 11.8 Å². The van der Waals surface area contributed by atoms with Crippen molar-refractivity contribution in [2.45, 2.75) is 71.0 Å². The second-order valence-electron chi connectivity index (χ2n) is 10.9. The molecule has 1 aromatic rings. The number of carbonyl (C=O) groups is 3. The number of esters is 1. The van der Waals surface area contributed by atoms with Crippen molar-refractivity contribution in [2.75, 3.05) is 30.9 Å². The molecule has 1 heterocycles. The number of hydrogen-bond donors (Lipinski definition) is 1. The van der Waals surface area contributed by atoms with Gasteiger partial charge in [-0.1, -0.05) is 30.3 Å². The Labute approximate surface area is 231 Å². The van der Waals surface area contributed by atoms with Gasteiger partial charge in [0.15, 0.2) is 9.84 Å². The van der Waals surface area contributed by atoms with Crippen molar-refractivity contribution >= 4 is 39.6 Å². The number of rotatable bonds is 11. The van der Waals surface area contributed by atoms with Gasteiger partial charge in [-0.25, -0.2) is 13.2 Å². The molecular weight excluding hydrogens is 528 g/mol. The van der Waals surface area contributed by atoms with Gasteiger partial charge in [0, 0.05) is 25.0 Å². The molecule has 1 aromatic carbocycles. The van der Waals surface area contributed by atoms with E-state index >= 15 is 0 Å². The maximum absolute atomic E-state index is 13.3. The summed E-state index contributed by atoms with van der Waals surface area (Å²) in [6.07, 6.45) is 2.02. The molecule has 1 aliphatic heterocycles. The highest BCUT2D eigenvalue weighted by atomic mass is 32.2. The van der Waals surface area contributed by atoms with Gasteiger partial charge < -0.3 is 19.7 Å². The van der Waals surface area contributed by atoms with E-state index in [1.807, 2.05) is 36.6 Å². The van der Waals surface area contributed by atoms with Crippen LogP contribution in [0.2, 0.25) is 0 Å². The van der Waals surface area contributed by atoms with Crippen LogP contribution in [0, 0.1) is 11.8 Å². The molecule has 1 saturated heterocycles. The van der Waals surface area contributed by atoms with Crippen molar-refractivity contribution in [3.8, 4) is 0 Å². The number of piperidine rings is 1. The van der Waals surface area contributed by atoms with Crippen molar-refractivity contribution < 1.29 is 32.3 Å². The first-order chi connectivity index (χ1) is 17.7. The van der Waals surface area contributed by atoms with E-state index in [9.17, 15) is 22.8 Å². The van der Waals surface area contributed by atoms with Gasteiger partial charge in [0.25, 0.3) is 0 Å². The number of thioether (sulfide) groups is 1. The monoisotopic (exact) mass is 570 g/mol. The van der Waals surface area contributed by atoms with E-state index in [0.717, 1.165) is 5.56 Å². The summed E-state index contributed by atoms with van der Waals surface area (Å²) in [5.74, 6) is -2.27. The van der Waals surface area contributed by atoms with Crippen LogP contribution in [0.4, 0.5) is 4.79 Å². The first kappa shape index (κ1) is 31.9. The lowest BCUT2D eigenvalue weighted by Gasteiger charge is -2.39. The molecule has 214 valence electrons. The summed E-state index contributed by atoms with van der Waals surface area (Å²) in [6, 6.07) is 8.70. The summed E-state index contributed by atoms with van der Waals surface area (Å²) in [5.41, 5.74) is 0.130. The summed E-state index contributed by atoms with van der Waals surface area (Å²) >= 11 is 1.52. The fourth-order valence-corrected chi connectivity index (χ4v) is 5.87. The molecule has 11 heteroatoms. The van der Waals surface area contributed by atoms with Crippen molar-refractivity contribution in [1.29, 1.82) is 0 Å². The van der Waals surface area contributed by atoms with Crippen molar-refractivity contribution in [1.82, 2.24) is 10.2 Å². The lowest BCUT2D eigenvalue weighted by Crippen LogP contribution is -2.56. The highest BCUT2D eigenvalue weighted by molar-refractivity contribution is 7.98. The Balaban J connectivity index is 2.17. The van der Waals surface area contributed by atoms with Crippen LogP contribution in [-0.2, 0) is 35.5 Å². The minimum atomic E-state index is -3.47. The normalized spacial score (nSPS) is 19.1. The van der Waals surface area contributed by atoms with Gasteiger partial charge in [0.1, 0.15) is 18.1 Å². The zero-order valence-electron chi connectivity index (χ0n) is 23.3. The molecule has 9 nitrogen and oxygen atoms in total. The fraction of sp³-hybridized carbons (Fsp3) is 0.667. The Morgan fingerprint density at radius 1 is 1.16 bits per heavy atom. The maximum atomic E-state index is 13.3. The van der Waals surface area contributed by atoms with E-state index < -0.39 is 56.5 Å². The molecular formula is C27H42N2O7S2. The van der Waals surface area contributed by atoms with Gasteiger partial charge in [-0.05, 0) is 65.0 Å². The number of benzene rings is 1. The van der Waals surface area contributed by atoms with Crippen LogP contribution in [0.3, 0.4) is 0 Å². The van der Waals surface area contributed by atoms with Crippen LogP contribution >= 0.6 is 11.8 Å². The topological polar surface area (TPSA) is 119 Å². The van der Waals surface area contributed by atoms with Crippen molar-refractivity contribution in [2.24, 2.45) is 11.8 Å². The number of sulfone groups is 1. The Bertz CT molecular complexity index is 1040. The van der Waals surface area contributed by atoms with E-state index in [1.54, 1.807) is 34.6 Å². The van der Waals surface area contributed by atoms with Gasteiger partial charge in [0.05, 0.1) is 11.0 Å². The lowest BCUT2D eigenvalue weighted by molar-refractivity contribution is -0.154. The van der Waals surface area contributed by atoms with Crippen LogP contribution in [0.5, 0.6) is 0 Å². The molecule has 38 heavy (non-hydrogen) atoms. The fourth-order valence-electron chi connectivity index (χ4n) is 4.08. The van der Waals surface area contributed by atoms with Crippen LogP contribution in [-0.4, -0.2) is 79.0 Å². The molecule has 0 bridgehead atoms. The average molecular weight is 571 g/mol. The number of likely N-dealkylation sites (tertiary alicyclic amines) is 1. The third kappa shape index (κ3) is 10.1. The van der Waals surface area contributed by atoms with Crippen molar-refractivity contribution in [3.05, 3.63) is 35.9 Å². The molecule has 2 amide bonds. The van der Waals surface area contributed by atoms with Gasteiger partial charge in [-0.15, -0.1) is 0 Å². The lowest BCUT2D eigenvalue weighted by atomic mass is 9.92. The van der Waals surface area contributed by atoms with Crippen molar-refractivity contribution in [3.63, 3.8) is 0 Å². The van der Waals surface area contributed by atoms with Gasteiger partial charge >= 0.3 is 12.1 Å². The summed E-state index contributed by atoms with van der Waals surface area (Å²) in [6.45, 7) is 9.01. The Morgan fingerprint density at radius 3 is 2.39 bits per heavy atom. The largest absolute Gasteiger partial charge is 0.460 e. The molecule has 0 radical (unpaired) electrons. The summed E-state index contributed by atoms with van der Waals surface area (Å²) in [7, 11) is -3.47. The molecule has 1 aliphatic rings. The van der Waals surface area contributed by atoms with Gasteiger partial charge in [0.2, 0.25) is 5.91 Å². The molecule has 1 N–H and O–H groups in total. The average Bonchev–Trinajstić information content (AvgIpc) is 2.83. The number of nitrogens with zero attached hydrogens (tertiary/aromatic N) is 1. The molecule has 3 atom stereocenters. The van der Waals surface area contributed by atoms with Crippen LogP contribution in [0.15, 0.2) is 30.3 Å².